The molecule has 1 N–H and O–H groups in total. The van der Waals surface area contributed by atoms with E-state index in [0.29, 0.717) is 45.7 Å². The molecule has 6 nitrogen and oxygen atoms in total. The van der Waals surface area contributed by atoms with E-state index in [1.165, 1.54) is 9.87 Å². The van der Waals surface area contributed by atoms with Gasteiger partial charge in [-0.3, -0.25) is 4.79 Å². The average Bonchev–Trinajstić information content (AvgIpc) is 2.77. The highest BCUT2D eigenvalue weighted by Crippen LogP contribution is 2.18. The fraction of sp³-hybridized carbons (Fsp3) is 0.409. The highest BCUT2D eigenvalue weighted by atomic mass is 32.2. The van der Waals surface area contributed by atoms with Crippen molar-refractivity contribution in [3.8, 4) is 0 Å². The van der Waals surface area contributed by atoms with Crippen molar-refractivity contribution in [3.63, 3.8) is 0 Å². The van der Waals surface area contributed by atoms with Crippen LogP contribution < -0.4 is 5.32 Å². The number of aryl methyl sites for hydroxylation is 2. The van der Waals surface area contributed by atoms with Crippen LogP contribution in [-0.4, -0.2) is 51.5 Å². The zero-order valence-corrected chi connectivity index (χ0v) is 17.4. The van der Waals surface area contributed by atoms with Gasteiger partial charge in [0.05, 0.1) is 18.1 Å². The van der Waals surface area contributed by atoms with Gasteiger partial charge in [-0.25, -0.2) is 8.42 Å². The monoisotopic (exact) mass is 416 g/mol. The van der Waals surface area contributed by atoms with E-state index in [-0.39, 0.29) is 10.8 Å². The fourth-order valence-electron chi connectivity index (χ4n) is 3.28. The van der Waals surface area contributed by atoms with Crippen LogP contribution in [0.25, 0.3) is 0 Å². The Kier molecular flexibility index (Phi) is 7.80. The summed E-state index contributed by atoms with van der Waals surface area (Å²) in [6.45, 7) is 2.28. The number of ether oxygens (including phenoxy) is 1. The highest BCUT2D eigenvalue weighted by molar-refractivity contribution is 7.89. The van der Waals surface area contributed by atoms with Crippen molar-refractivity contribution in [3.05, 3.63) is 65.7 Å². The maximum atomic E-state index is 12.6. The third kappa shape index (κ3) is 6.39. The van der Waals surface area contributed by atoms with Crippen LogP contribution >= 0.6 is 0 Å². The van der Waals surface area contributed by atoms with Gasteiger partial charge in [0.1, 0.15) is 0 Å². The largest absolute Gasteiger partial charge is 0.379 e. The second kappa shape index (κ2) is 10.5. The maximum absolute atomic E-state index is 12.6. The first-order valence-electron chi connectivity index (χ1n) is 10.0. The molecule has 0 aliphatic carbocycles. The molecular weight excluding hydrogens is 388 g/mol. The van der Waals surface area contributed by atoms with Crippen LogP contribution in [0.1, 0.15) is 24.0 Å². The van der Waals surface area contributed by atoms with Crippen LogP contribution in [-0.2, 0) is 32.4 Å². The molecule has 1 aliphatic heterocycles. The van der Waals surface area contributed by atoms with Crippen molar-refractivity contribution >= 4 is 15.9 Å². The summed E-state index contributed by atoms with van der Waals surface area (Å²) in [7, 11) is -3.47. The molecule has 1 amide bonds. The number of carbonyl (C=O) groups is 1. The molecule has 1 fully saturated rings. The Bertz CT molecular complexity index is 877. The molecule has 0 spiro atoms. The molecule has 156 valence electrons. The molecule has 0 bridgehead atoms. The molecule has 0 aromatic heterocycles. The van der Waals surface area contributed by atoms with Crippen molar-refractivity contribution in [2.45, 2.75) is 30.6 Å². The lowest BCUT2D eigenvalue weighted by molar-refractivity contribution is -0.121. The predicted octanol–water partition coefficient (Wildman–Crippen LogP) is 2.39. The summed E-state index contributed by atoms with van der Waals surface area (Å²) >= 11 is 0. The summed E-state index contributed by atoms with van der Waals surface area (Å²) in [6, 6.07) is 17.0. The number of rotatable bonds is 9. The van der Waals surface area contributed by atoms with Crippen molar-refractivity contribution in [2.24, 2.45) is 0 Å². The molecule has 3 rings (SSSR count). The Labute approximate surface area is 172 Å². The van der Waals surface area contributed by atoms with E-state index in [0.717, 1.165) is 18.4 Å². The third-order valence-electron chi connectivity index (χ3n) is 4.98. The smallest absolute Gasteiger partial charge is 0.243 e. The van der Waals surface area contributed by atoms with Crippen molar-refractivity contribution in [2.75, 3.05) is 32.8 Å². The minimum absolute atomic E-state index is 0.0167. The number of sulfonamides is 1. The summed E-state index contributed by atoms with van der Waals surface area (Å²) in [4.78, 5) is 12.3. The number of nitrogens with one attached hydrogen (secondary N) is 1. The van der Waals surface area contributed by atoms with Gasteiger partial charge in [0.2, 0.25) is 15.9 Å². The van der Waals surface area contributed by atoms with Gasteiger partial charge >= 0.3 is 0 Å². The molecule has 2 aromatic rings. The van der Waals surface area contributed by atoms with Gasteiger partial charge in [0.15, 0.2) is 0 Å². The number of morpholine rings is 1. The first kappa shape index (κ1) is 21.5. The lowest BCUT2D eigenvalue weighted by Crippen LogP contribution is -2.40. The van der Waals surface area contributed by atoms with E-state index < -0.39 is 10.0 Å². The Balaban J connectivity index is 1.41. The van der Waals surface area contributed by atoms with Crippen LogP contribution in [0.5, 0.6) is 0 Å². The molecule has 0 unspecified atom stereocenters. The summed E-state index contributed by atoms with van der Waals surface area (Å²) in [5, 5.41) is 2.95. The molecule has 2 aromatic carbocycles. The SMILES string of the molecule is O=C(CCc1ccc(S(=O)(=O)N2CCOCC2)cc1)NCCCc1ccccc1. The standard InChI is InChI=1S/C22H28N2O4S/c25-22(23-14-4-7-19-5-2-1-3-6-19)13-10-20-8-11-21(12-9-20)29(26,27)24-15-17-28-18-16-24/h1-3,5-6,8-9,11-12H,4,7,10,13-18H2,(H,23,25). The van der Waals surface area contributed by atoms with E-state index in [4.69, 9.17) is 4.74 Å². The van der Waals surface area contributed by atoms with Crippen LogP contribution in [0.4, 0.5) is 0 Å². The van der Waals surface area contributed by atoms with E-state index in [1.54, 1.807) is 24.3 Å². The van der Waals surface area contributed by atoms with Crippen molar-refractivity contribution in [1.29, 1.82) is 0 Å². The summed E-state index contributed by atoms with van der Waals surface area (Å²) in [6.07, 6.45) is 2.83. The first-order valence-corrected chi connectivity index (χ1v) is 11.5. The molecule has 7 heteroatoms. The second-order valence-corrected chi connectivity index (χ2v) is 9.04. The molecule has 1 heterocycles. The van der Waals surface area contributed by atoms with E-state index >= 15 is 0 Å². The summed E-state index contributed by atoms with van der Waals surface area (Å²) < 4.78 is 31.9. The molecule has 0 atom stereocenters. The Morgan fingerprint density at radius 3 is 2.28 bits per heavy atom. The maximum Gasteiger partial charge on any atom is 0.243 e. The quantitative estimate of drug-likeness (QED) is 0.637. The second-order valence-electron chi connectivity index (χ2n) is 7.10. The summed E-state index contributed by atoms with van der Waals surface area (Å²) in [5.41, 5.74) is 2.22. The zero-order valence-electron chi connectivity index (χ0n) is 16.5. The van der Waals surface area contributed by atoms with Gasteiger partial charge < -0.3 is 10.1 Å². The van der Waals surface area contributed by atoms with E-state index in [9.17, 15) is 13.2 Å². The predicted molar refractivity (Wildman–Crippen MR) is 112 cm³/mol. The number of hydrogen-bond acceptors (Lipinski definition) is 4. The zero-order chi connectivity index (χ0) is 20.5. The number of benzene rings is 2. The van der Waals surface area contributed by atoms with Gasteiger partial charge in [-0.1, -0.05) is 42.5 Å². The Hall–Kier alpha value is -2.22. The third-order valence-corrected chi connectivity index (χ3v) is 6.89. The van der Waals surface area contributed by atoms with Crippen LogP contribution in [0.15, 0.2) is 59.5 Å². The minimum atomic E-state index is -3.47. The van der Waals surface area contributed by atoms with Gasteiger partial charge in [-0.2, -0.15) is 4.31 Å². The van der Waals surface area contributed by atoms with Crippen molar-refractivity contribution < 1.29 is 17.9 Å². The fourth-order valence-corrected chi connectivity index (χ4v) is 4.68. The number of carbonyl (C=O) groups excluding carboxylic acids is 1. The van der Waals surface area contributed by atoms with E-state index in [2.05, 4.69) is 17.4 Å². The topological polar surface area (TPSA) is 75.7 Å². The number of hydrogen-bond donors (Lipinski definition) is 1. The highest BCUT2D eigenvalue weighted by Gasteiger charge is 2.26. The molecule has 29 heavy (non-hydrogen) atoms. The van der Waals surface area contributed by atoms with Gasteiger partial charge in [0, 0.05) is 26.1 Å². The normalized spacial score (nSPS) is 15.2. The van der Waals surface area contributed by atoms with Crippen LogP contribution in [0.3, 0.4) is 0 Å². The summed E-state index contributed by atoms with van der Waals surface area (Å²) in [5.74, 6) is 0.0167. The van der Waals surface area contributed by atoms with Gasteiger partial charge in [-0.15, -0.1) is 0 Å². The Morgan fingerprint density at radius 1 is 0.931 bits per heavy atom. The van der Waals surface area contributed by atoms with Crippen molar-refractivity contribution in [1.82, 2.24) is 9.62 Å². The molecule has 0 saturated carbocycles. The molecule has 0 radical (unpaired) electrons. The molecule has 1 saturated heterocycles. The number of amides is 1. The number of nitrogens with zero attached hydrogens (tertiary/aromatic N) is 1. The van der Waals surface area contributed by atoms with E-state index in [1.807, 2.05) is 18.2 Å². The molecule has 1 aliphatic rings. The van der Waals surface area contributed by atoms with Crippen LogP contribution in [0.2, 0.25) is 0 Å². The Morgan fingerprint density at radius 2 is 1.59 bits per heavy atom. The average molecular weight is 417 g/mol. The van der Waals surface area contributed by atoms with Gasteiger partial charge in [0.25, 0.3) is 0 Å². The molecular formula is C22H28N2O4S. The lowest BCUT2D eigenvalue weighted by Gasteiger charge is -2.26. The first-order chi connectivity index (χ1) is 14.1. The minimum Gasteiger partial charge on any atom is -0.379 e. The van der Waals surface area contributed by atoms with Gasteiger partial charge in [-0.05, 0) is 42.5 Å². The van der Waals surface area contributed by atoms with Crippen LogP contribution in [0, 0.1) is 0 Å². The lowest BCUT2D eigenvalue weighted by atomic mass is 10.1.